The van der Waals surface area contributed by atoms with E-state index >= 15 is 0 Å². The zero-order chi connectivity index (χ0) is 11.4. The summed E-state index contributed by atoms with van der Waals surface area (Å²) in [6.07, 6.45) is -0.416. The first-order valence-corrected chi connectivity index (χ1v) is 5.21. The topological polar surface area (TPSA) is 43.7 Å². The fourth-order valence-electron chi connectivity index (χ4n) is 1.56. The number of hydrogen-bond donors (Lipinski definition) is 2. The standard InChI is InChI=1S/C11H16ClNO2/c1-8(15)6-13(2)11-5-3-4-10(12)9(11)7-14/h3-5,8,14-15H,6-7H2,1-2H3. The van der Waals surface area contributed by atoms with Gasteiger partial charge in [0.25, 0.3) is 0 Å². The third kappa shape index (κ3) is 3.09. The van der Waals surface area contributed by atoms with E-state index in [9.17, 15) is 10.2 Å². The Morgan fingerprint density at radius 2 is 2.13 bits per heavy atom. The predicted octanol–water partition coefficient (Wildman–Crippen LogP) is 1.65. The summed E-state index contributed by atoms with van der Waals surface area (Å²) < 4.78 is 0. The van der Waals surface area contributed by atoms with Crippen molar-refractivity contribution >= 4 is 17.3 Å². The van der Waals surface area contributed by atoms with E-state index in [1.165, 1.54) is 0 Å². The minimum atomic E-state index is -0.416. The SMILES string of the molecule is CC(O)CN(C)c1cccc(Cl)c1CO. The van der Waals surface area contributed by atoms with Gasteiger partial charge in [0, 0.05) is 29.9 Å². The Morgan fingerprint density at radius 1 is 1.47 bits per heavy atom. The Bertz CT molecular complexity index is 328. The van der Waals surface area contributed by atoms with Crippen LogP contribution in [0.5, 0.6) is 0 Å². The van der Waals surface area contributed by atoms with E-state index in [0.29, 0.717) is 17.1 Å². The fourth-order valence-corrected chi connectivity index (χ4v) is 1.79. The molecule has 0 saturated carbocycles. The number of aliphatic hydroxyl groups excluding tert-OH is 2. The van der Waals surface area contributed by atoms with Gasteiger partial charge in [-0.05, 0) is 19.1 Å². The van der Waals surface area contributed by atoms with Crippen LogP contribution in [0.15, 0.2) is 18.2 Å². The molecule has 15 heavy (non-hydrogen) atoms. The first-order chi connectivity index (χ1) is 7.06. The van der Waals surface area contributed by atoms with Crippen molar-refractivity contribution < 1.29 is 10.2 Å². The highest BCUT2D eigenvalue weighted by atomic mass is 35.5. The second-order valence-corrected chi connectivity index (χ2v) is 4.03. The third-order valence-electron chi connectivity index (χ3n) is 2.20. The van der Waals surface area contributed by atoms with Crippen LogP contribution in [0.25, 0.3) is 0 Å². The molecule has 1 rings (SSSR count). The molecule has 1 aromatic rings. The van der Waals surface area contributed by atoms with Crippen molar-refractivity contribution in [2.45, 2.75) is 19.6 Å². The summed E-state index contributed by atoms with van der Waals surface area (Å²) in [6.45, 7) is 2.13. The maximum Gasteiger partial charge on any atom is 0.0716 e. The molecule has 0 fully saturated rings. The van der Waals surface area contributed by atoms with Crippen LogP contribution in [0.3, 0.4) is 0 Å². The van der Waals surface area contributed by atoms with Crippen molar-refractivity contribution in [3.05, 3.63) is 28.8 Å². The normalized spacial score (nSPS) is 12.6. The quantitative estimate of drug-likeness (QED) is 0.825. The number of rotatable bonds is 4. The molecule has 4 heteroatoms. The molecule has 0 aromatic heterocycles. The maximum absolute atomic E-state index is 9.28. The van der Waals surface area contributed by atoms with Crippen molar-refractivity contribution in [1.82, 2.24) is 0 Å². The van der Waals surface area contributed by atoms with Gasteiger partial charge in [-0.15, -0.1) is 0 Å². The second kappa shape index (κ2) is 5.35. The average Bonchev–Trinajstić information content (AvgIpc) is 2.16. The van der Waals surface area contributed by atoms with Crippen LogP contribution in [-0.4, -0.2) is 29.9 Å². The number of likely N-dealkylation sites (N-methyl/N-ethyl adjacent to an activating group) is 1. The van der Waals surface area contributed by atoms with Crippen molar-refractivity contribution in [2.24, 2.45) is 0 Å². The third-order valence-corrected chi connectivity index (χ3v) is 2.56. The largest absolute Gasteiger partial charge is 0.392 e. The summed E-state index contributed by atoms with van der Waals surface area (Å²) >= 11 is 5.96. The molecule has 0 radical (unpaired) electrons. The van der Waals surface area contributed by atoms with Gasteiger partial charge in [0.2, 0.25) is 0 Å². The van der Waals surface area contributed by atoms with E-state index in [0.717, 1.165) is 5.69 Å². The molecule has 0 aliphatic carbocycles. The van der Waals surface area contributed by atoms with E-state index < -0.39 is 6.10 Å². The Balaban J connectivity index is 2.97. The van der Waals surface area contributed by atoms with Crippen LogP contribution in [0.2, 0.25) is 5.02 Å². The number of aliphatic hydroxyl groups is 2. The summed E-state index contributed by atoms with van der Waals surface area (Å²) in [4.78, 5) is 1.88. The van der Waals surface area contributed by atoms with Gasteiger partial charge in [-0.2, -0.15) is 0 Å². The lowest BCUT2D eigenvalue weighted by Gasteiger charge is -2.23. The van der Waals surface area contributed by atoms with E-state index in [2.05, 4.69) is 0 Å². The smallest absolute Gasteiger partial charge is 0.0716 e. The number of nitrogens with zero attached hydrogens (tertiary/aromatic N) is 1. The Kier molecular flexibility index (Phi) is 4.39. The molecular weight excluding hydrogens is 214 g/mol. The van der Waals surface area contributed by atoms with E-state index in [1.54, 1.807) is 13.0 Å². The molecule has 0 bridgehead atoms. The summed E-state index contributed by atoms with van der Waals surface area (Å²) in [5.41, 5.74) is 1.55. The molecule has 3 nitrogen and oxygen atoms in total. The molecule has 1 aromatic carbocycles. The van der Waals surface area contributed by atoms with Gasteiger partial charge in [0.1, 0.15) is 0 Å². The molecular formula is C11H16ClNO2. The van der Waals surface area contributed by atoms with Gasteiger partial charge >= 0.3 is 0 Å². The van der Waals surface area contributed by atoms with Crippen LogP contribution < -0.4 is 4.90 Å². The lowest BCUT2D eigenvalue weighted by Crippen LogP contribution is -2.27. The zero-order valence-electron chi connectivity index (χ0n) is 8.94. The number of anilines is 1. The van der Waals surface area contributed by atoms with Gasteiger partial charge in [-0.1, -0.05) is 17.7 Å². The van der Waals surface area contributed by atoms with E-state index in [1.807, 2.05) is 24.1 Å². The van der Waals surface area contributed by atoms with Crippen LogP contribution >= 0.6 is 11.6 Å². The molecule has 0 heterocycles. The predicted molar refractivity (Wildman–Crippen MR) is 62.3 cm³/mol. The molecule has 0 amide bonds. The minimum Gasteiger partial charge on any atom is -0.392 e. The van der Waals surface area contributed by atoms with Crippen molar-refractivity contribution in [2.75, 3.05) is 18.5 Å². The van der Waals surface area contributed by atoms with Crippen molar-refractivity contribution in [1.29, 1.82) is 0 Å². The molecule has 1 unspecified atom stereocenters. The summed E-state index contributed by atoms with van der Waals surface area (Å²) in [5.74, 6) is 0. The lowest BCUT2D eigenvalue weighted by molar-refractivity contribution is 0.201. The first-order valence-electron chi connectivity index (χ1n) is 4.83. The highest BCUT2D eigenvalue weighted by Gasteiger charge is 2.11. The van der Waals surface area contributed by atoms with E-state index in [-0.39, 0.29) is 6.61 Å². The average molecular weight is 230 g/mol. The maximum atomic E-state index is 9.28. The van der Waals surface area contributed by atoms with Crippen LogP contribution in [0.1, 0.15) is 12.5 Å². The Labute approximate surface area is 94.9 Å². The Morgan fingerprint density at radius 3 is 2.67 bits per heavy atom. The molecule has 84 valence electrons. The van der Waals surface area contributed by atoms with Crippen LogP contribution in [-0.2, 0) is 6.61 Å². The first kappa shape index (κ1) is 12.3. The fraction of sp³-hybridized carbons (Fsp3) is 0.455. The zero-order valence-corrected chi connectivity index (χ0v) is 9.70. The molecule has 0 aliphatic heterocycles. The van der Waals surface area contributed by atoms with Crippen molar-refractivity contribution in [3.8, 4) is 0 Å². The highest BCUT2D eigenvalue weighted by Crippen LogP contribution is 2.26. The lowest BCUT2D eigenvalue weighted by atomic mass is 10.1. The van der Waals surface area contributed by atoms with Gasteiger partial charge in [0.05, 0.1) is 12.7 Å². The van der Waals surface area contributed by atoms with Crippen LogP contribution in [0, 0.1) is 0 Å². The molecule has 0 aliphatic rings. The molecule has 2 N–H and O–H groups in total. The highest BCUT2D eigenvalue weighted by molar-refractivity contribution is 6.31. The van der Waals surface area contributed by atoms with Crippen molar-refractivity contribution in [3.63, 3.8) is 0 Å². The summed E-state index contributed by atoms with van der Waals surface area (Å²) in [5, 5.41) is 19.0. The number of hydrogen-bond acceptors (Lipinski definition) is 3. The molecule has 0 spiro atoms. The Hall–Kier alpha value is -0.770. The molecule has 1 atom stereocenters. The summed E-state index contributed by atoms with van der Waals surface area (Å²) in [6, 6.07) is 5.45. The van der Waals surface area contributed by atoms with E-state index in [4.69, 9.17) is 11.6 Å². The van der Waals surface area contributed by atoms with Gasteiger partial charge in [-0.3, -0.25) is 0 Å². The second-order valence-electron chi connectivity index (χ2n) is 3.63. The monoisotopic (exact) mass is 229 g/mol. The van der Waals surface area contributed by atoms with Gasteiger partial charge in [0.15, 0.2) is 0 Å². The summed E-state index contributed by atoms with van der Waals surface area (Å²) in [7, 11) is 1.86. The minimum absolute atomic E-state index is 0.0981. The molecule has 0 saturated heterocycles. The van der Waals surface area contributed by atoms with Crippen LogP contribution in [0.4, 0.5) is 5.69 Å². The number of benzene rings is 1. The number of halogens is 1. The van der Waals surface area contributed by atoms with Gasteiger partial charge in [-0.25, -0.2) is 0 Å². The van der Waals surface area contributed by atoms with Gasteiger partial charge < -0.3 is 15.1 Å².